The molecule has 1 unspecified atom stereocenters. The zero-order valence-corrected chi connectivity index (χ0v) is 12.3. The molecule has 1 aliphatic rings. The number of aliphatic hydroxyl groups excluding tert-OH is 1. The van der Waals surface area contributed by atoms with Gasteiger partial charge in [-0.2, -0.15) is 0 Å². The van der Waals surface area contributed by atoms with Gasteiger partial charge in [-0.25, -0.2) is 4.79 Å². The summed E-state index contributed by atoms with van der Waals surface area (Å²) in [7, 11) is 1.38. The summed E-state index contributed by atoms with van der Waals surface area (Å²) in [5.41, 5.74) is 1.34. The lowest BCUT2D eigenvalue weighted by Gasteiger charge is -2.25. The minimum atomic E-state index is -1.03. The molecule has 0 aliphatic heterocycles. The number of ether oxygens (including phenoxy) is 1. The lowest BCUT2D eigenvalue weighted by molar-refractivity contribution is -0.136. The molecule has 1 fully saturated rings. The van der Waals surface area contributed by atoms with Gasteiger partial charge in [0.05, 0.1) is 7.11 Å². The second kappa shape index (κ2) is 9.59. The number of allylic oxidation sites excluding steroid dienone is 3. The van der Waals surface area contributed by atoms with Gasteiger partial charge in [-0.05, 0) is 44.1 Å². The Hall–Kier alpha value is -1.29. The second-order valence-corrected chi connectivity index (χ2v) is 5.30. The van der Waals surface area contributed by atoms with Crippen LogP contribution in [-0.2, 0) is 9.53 Å². The average molecular weight is 282 g/mol. The maximum atomic E-state index is 10.9. The molecule has 1 saturated carbocycles. The first-order valence-electron chi connectivity index (χ1n) is 7.48. The van der Waals surface area contributed by atoms with Gasteiger partial charge in [0.25, 0.3) is 0 Å². The van der Waals surface area contributed by atoms with E-state index < -0.39 is 5.97 Å². The van der Waals surface area contributed by atoms with Crippen LogP contribution in [0.3, 0.4) is 0 Å². The Morgan fingerprint density at radius 2 is 2.15 bits per heavy atom. The standard InChI is InChI=1S/C16H26O4/c1-20-15(16(18)19)11-10-14-9-5-4-8-13(14)7-3-2-6-12-17/h10-11,13,17H,2-9,12H2,1H3,(H,18,19)/b14-10-,15-11-. The first kappa shape index (κ1) is 16.8. The molecule has 4 nitrogen and oxygen atoms in total. The predicted molar refractivity (Wildman–Crippen MR) is 78.3 cm³/mol. The van der Waals surface area contributed by atoms with Crippen molar-refractivity contribution >= 4 is 5.97 Å². The van der Waals surface area contributed by atoms with E-state index in [1.54, 1.807) is 6.08 Å². The van der Waals surface area contributed by atoms with Gasteiger partial charge < -0.3 is 14.9 Å². The lowest BCUT2D eigenvalue weighted by atomic mass is 9.81. The summed E-state index contributed by atoms with van der Waals surface area (Å²) in [6.07, 6.45) is 12.4. The van der Waals surface area contributed by atoms with E-state index in [0.717, 1.165) is 32.1 Å². The zero-order valence-electron chi connectivity index (χ0n) is 12.3. The largest absolute Gasteiger partial charge is 0.490 e. The van der Waals surface area contributed by atoms with Crippen molar-refractivity contribution in [2.24, 2.45) is 5.92 Å². The molecule has 2 N–H and O–H groups in total. The maximum absolute atomic E-state index is 10.9. The molecule has 20 heavy (non-hydrogen) atoms. The van der Waals surface area contributed by atoms with Gasteiger partial charge in [0, 0.05) is 6.61 Å². The van der Waals surface area contributed by atoms with Gasteiger partial charge in [0.2, 0.25) is 5.76 Å². The fraction of sp³-hybridized carbons (Fsp3) is 0.688. The summed E-state index contributed by atoms with van der Waals surface area (Å²) in [4.78, 5) is 10.9. The van der Waals surface area contributed by atoms with Crippen LogP contribution in [0.15, 0.2) is 23.5 Å². The number of hydrogen-bond acceptors (Lipinski definition) is 3. The van der Waals surface area contributed by atoms with Crippen molar-refractivity contribution < 1.29 is 19.7 Å². The highest BCUT2D eigenvalue weighted by Crippen LogP contribution is 2.33. The molecule has 0 aromatic carbocycles. The van der Waals surface area contributed by atoms with Crippen molar-refractivity contribution in [1.82, 2.24) is 0 Å². The third-order valence-corrected chi connectivity index (χ3v) is 3.88. The van der Waals surface area contributed by atoms with Crippen LogP contribution in [0.2, 0.25) is 0 Å². The molecule has 0 saturated heterocycles. The monoisotopic (exact) mass is 282 g/mol. The summed E-state index contributed by atoms with van der Waals surface area (Å²) in [5.74, 6) is -0.479. The number of carbonyl (C=O) groups is 1. The Kier molecular flexibility index (Phi) is 8.04. The van der Waals surface area contributed by atoms with Crippen LogP contribution in [0.1, 0.15) is 51.4 Å². The third-order valence-electron chi connectivity index (χ3n) is 3.88. The van der Waals surface area contributed by atoms with E-state index in [4.69, 9.17) is 14.9 Å². The number of carboxylic acid groups (broad SMARTS) is 1. The Balaban J connectivity index is 2.60. The van der Waals surface area contributed by atoms with Crippen LogP contribution >= 0.6 is 0 Å². The van der Waals surface area contributed by atoms with E-state index in [1.807, 2.05) is 6.08 Å². The van der Waals surface area contributed by atoms with E-state index in [2.05, 4.69) is 0 Å². The van der Waals surface area contributed by atoms with Crippen molar-refractivity contribution in [2.75, 3.05) is 13.7 Å². The number of carboxylic acids is 1. The van der Waals surface area contributed by atoms with Crippen LogP contribution in [0.5, 0.6) is 0 Å². The molecule has 114 valence electrons. The van der Waals surface area contributed by atoms with Gasteiger partial charge in [0.1, 0.15) is 0 Å². The minimum absolute atomic E-state index is 0.0119. The van der Waals surface area contributed by atoms with Crippen LogP contribution in [0, 0.1) is 5.92 Å². The van der Waals surface area contributed by atoms with Crippen LogP contribution < -0.4 is 0 Å². The molecule has 0 spiro atoms. The molecule has 0 bridgehead atoms. The van der Waals surface area contributed by atoms with Crippen molar-refractivity contribution in [3.05, 3.63) is 23.5 Å². The molecule has 1 rings (SSSR count). The van der Waals surface area contributed by atoms with E-state index in [1.165, 1.54) is 31.9 Å². The van der Waals surface area contributed by atoms with Crippen molar-refractivity contribution in [1.29, 1.82) is 0 Å². The average Bonchev–Trinajstić information content (AvgIpc) is 2.45. The fourth-order valence-corrected chi connectivity index (χ4v) is 2.75. The maximum Gasteiger partial charge on any atom is 0.371 e. The summed E-state index contributed by atoms with van der Waals surface area (Å²) in [6, 6.07) is 0. The molecule has 0 aromatic heterocycles. The topological polar surface area (TPSA) is 66.8 Å². The van der Waals surface area contributed by atoms with Crippen LogP contribution in [0.25, 0.3) is 0 Å². The van der Waals surface area contributed by atoms with Gasteiger partial charge >= 0.3 is 5.97 Å². The van der Waals surface area contributed by atoms with Crippen molar-refractivity contribution in [3.8, 4) is 0 Å². The quantitative estimate of drug-likeness (QED) is 0.407. The number of aliphatic hydroxyl groups is 1. The highest BCUT2D eigenvalue weighted by Gasteiger charge is 2.18. The molecular weight excluding hydrogens is 256 g/mol. The number of methoxy groups -OCH3 is 1. The van der Waals surface area contributed by atoms with Crippen molar-refractivity contribution in [2.45, 2.75) is 51.4 Å². The molecule has 1 atom stereocenters. The Morgan fingerprint density at radius 1 is 1.35 bits per heavy atom. The fourth-order valence-electron chi connectivity index (χ4n) is 2.75. The van der Waals surface area contributed by atoms with Gasteiger partial charge in [-0.15, -0.1) is 0 Å². The molecule has 1 aliphatic carbocycles. The van der Waals surface area contributed by atoms with E-state index in [0.29, 0.717) is 5.92 Å². The predicted octanol–water partition coefficient (Wildman–Crippen LogP) is 3.27. The van der Waals surface area contributed by atoms with Gasteiger partial charge in [0.15, 0.2) is 0 Å². The summed E-state index contributed by atoms with van der Waals surface area (Å²) >= 11 is 0. The Morgan fingerprint density at radius 3 is 2.80 bits per heavy atom. The molecule has 0 aromatic rings. The summed E-state index contributed by atoms with van der Waals surface area (Å²) < 4.78 is 4.84. The van der Waals surface area contributed by atoms with E-state index >= 15 is 0 Å². The van der Waals surface area contributed by atoms with E-state index in [-0.39, 0.29) is 12.4 Å². The first-order valence-corrected chi connectivity index (χ1v) is 7.48. The zero-order chi connectivity index (χ0) is 14.8. The number of unbranched alkanes of at least 4 members (excludes halogenated alkanes) is 2. The number of hydrogen-bond donors (Lipinski definition) is 2. The molecule has 0 radical (unpaired) electrons. The van der Waals surface area contributed by atoms with Gasteiger partial charge in [-0.1, -0.05) is 30.9 Å². The molecule has 0 heterocycles. The number of aliphatic carboxylic acids is 1. The molecule has 4 heteroatoms. The lowest BCUT2D eigenvalue weighted by Crippen LogP contribution is -2.10. The summed E-state index contributed by atoms with van der Waals surface area (Å²) in [6.45, 7) is 0.270. The van der Waals surface area contributed by atoms with Crippen molar-refractivity contribution in [3.63, 3.8) is 0 Å². The normalized spacial score (nSPS) is 22.0. The SMILES string of the molecule is CO/C(=C\C=C1\CCCCC1CCCCCO)C(=O)O. The highest BCUT2D eigenvalue weighted by atomic mass is 16.5. The van der Waals surface area contributed by atoms with Crippen LogP contribution in [0.4, 0.5) is 0 Å². The summed E-state index contributed by atoms with van der Waals surface area (Å²) in [5, 5.41) is 17.7. The molecule has 0 amide bonds. The van der Waals surface area contributed by atoms with E-state index in [9.17, 15) is 4.79 Å². The second-order valence-electron chi connectivity index (χ2n) is 5.30. The highest BCUT2D eigenvalue weighted by molar-refractivity contribution is 5.84. The van der Waals surface area contributed by atoms with Gasteiger partial charge in [-0.3, -0.25) is 0 Å². The minimum Gasteiger partial charge on any atom is -0.490 e. The first-order chi connectivity index (χ1) is 9.69. The Bertz CT molecular complexity index is 357. The third kappa shape index (κ3) is 5.78. The molecular formula is C16H26O4. The number of rotatable bonds is 8. The van der Waals surface area contributed by atoms with Crippen LogP contribution in [-0.4, -0.2) is 29.9 Å². The smallest absolute Gasteiger partial charge is 0.371 e. The Labute approximate surface area is 121 Å².